The highest BCUT2D eigenvalue weighted by molar-refractivity contribution is 5.23. The molecule has 96 valence electrons. The predicted molar refractivity (Wildman–Crippen MR) is 69.7 cm³/mol. The van der Waals surface area contributed by atoms with Gasteiger partial charge >= 0.3 is 0 Å². The quantitative estimate of drug-likeness (QED) is 0.879. The molecule has 0 spiro atoms. The minimum atomic E-state index is -0.148. The highest BCUT2D eigenvalue weighted by Gasteiger charge is 2.03. The summed E-state index contributed by atoms with van der Waals surface area (Å²) in [7, 11) is 0. The first-order valence-electron chi connectivity index (χ1n) is 6.09. The summed E-state index contributed by atoms with van der Waals surface area (Å²) < 4.78 is 15.2. The van der Waals surface area contributed by atoms with Gasteiger partial charge in [-0.1, -0.05) is 12.1 Å². The Morgan fingerprint density at radius 1 is 1.44 bits per heavy atom. The number of nitrogens with zero attached hydrogens (tertiary/aromatic N) is 2. The molecule has 0 aliphatic carbocycles. The summed E-state index contributed by atoms with van der Waals surface area (Å²) in [5.74, 6) is -0.148. The van der Waals surface area contributed by atoms with Crippen molar-refractivity contribution in [1.29, 1.82) is 0 Å². The van der Waals surface area contributed by atoms with Gasteiger partial charge in [-0.25, -0.2) is 9.37 Å². The van der Waals surface area contributed by atoms with E-state index in [0.717, 1.165) is 18.7 Å². The number of hydrogen-bond acceptors (Lipinski definition) is 2. The van der Waals surface area contributed by atoms with Crippen molar-refractivity contribution >= 4 is 0 Å². The SMILES string of the molecule is Cc1cc(CNC(C)Cn2ccnc2)ccc1F. The minimum absolute atomic E-state index is 0.148. The monoisotopic (exact) mass is 247 g/mol. The van der Waals surface area contributed by atoms with Gasteiger partial charge in [-0.15, -0.1) is 0 Å². The smallest absolute Gasteiger partial charge is 0.126 e. The van der Waals surface area contributed by atoms with Gasteiger partial charge in [-0.05, 0) is 31.0 Å². The molecule has 0 radical (unpaired) electrons. The molecule has 0 aliphatic rings. The van der Waals surface area contributed by atoms with E-state index in [1.165, 1.54) is 6.07 Å². The van der Waals surface area contributed by atoms with E-state index >= 15 is 0 Å². The number of aryl methyl sites for hydroxylation is 1. The van der Waals surface area contributed by atoms with Crippen LogP contribution in [-0.2, 0) is 13.1 Å². The molecular weight excluding hydrogens is 229 g/mol. The van der Waals surface area contributed by atoms with Crippen LogP contribution in [0.15, 0.2) is 36.9 Å². The van der Waals surface area contributed by atoms with Crippen LogP contribution in [0.5, 0.6) is 0 Å². The topological polar surface area (TPSA) is 29.9 Å². The van der Waals surface area contributed by atoms with Crippen LogP contribution in [0, 0.1) is 12.7 Å². The van der Waals surface area contributed by atoms with Crippen LogP contribution in [0.3, 0.4) is 0 Å². The van der Waals surface area contributed by atoms with Gasteiger partial charge in [-0.2, -0.15) is 0 Å². The second-order valence-corrected chi connectivity index (χ2v) is 4.62. The van der Waals surface area contributed by atoms with Gasteiger partial charge in [0.1, 0.15) is 5.82 Å². The Morgan fingerprint density at radius 3 is 2.94 bits per heavy atom. The number of halogens is 1. The van der Waals surface area contributed by atoms with Crippen molar-refractivity contribution in [3.63, 3.8) is 0 Å². The van der Waals surface area contributed by atoms with E-state index in [4.69, 9.17) is 0 Å². The summed E-state index contributed by atoms with van der Waals surface area (Å²) in [5, 5.41) is 3.41. The van der Waals surface area contributed by atoms with Crippen LogP contribution in [0.2, 0.25) is 0 Å². The van der Waals surface area contributed by atoms with Crippen LogP contribution in [0.1, 0.15) is 18.1 Å². The van der Waals surface area contributed by atoms with E-state index in [2.05, 4.69) is 17.2 Å². The maximum absolute atomic E-state index is 13.1. The Hall–Kier alpha value is -1.68. The summed E-state index contributed by atoms with van der Waals surface area (Å²) in [5.41, 5.74) is 1.79. The van der Waals surface area contributed by atoms with Gasteiger partial charge in [0.05, 0.1) is 6.33 Å². The molecule has 0 saturated carbocycles. The van der Waals surface area contributed by atoms with Crippen molar-refractivity contribution in [3.05, 3.63) is 53.9 Å². The molecule has 4 heteroatoms. The molecule has 1 aromatic carbocycles. The maximum Gasteiger partial charge on any atom is 0.126 e. The molecule has 0 saturated heterocycles. The van der Waals surface area contributed by atoms with Crippen molar-refractivity contribution < 1.29 is 4.39 Å². The lowest BCUT2D eigenvalue weighted by Crippen LogP contribution is -2.29. The molecule has 3 nitrogen and oxygen atoms in total. The third-order valence-corrected chi connectivity index (χ3v) is 2.92. The largest absolute Gasteiger partial charge is 0.336 e. The van der Waals surface area contributed by atoms with Gasteiger partial charge in [-0.3, -0.25) is 0 Å². The molecule has 1 aromatic heterocycles. The lowest BCUT2D eigenvalue weighted by atomic mass is 10.1. The predicted octanol–water partition coefficient (Wildman–Crippen LogP) is 2.51. The molecule has 0 amide bonds. The van der Waals surface area contributed by atoms with Crippen molar-refractivity contribution in [1.82, 2.24) is 14.9 Å². The molecule has 1 heterocycles. The van der Waals surface area contributed by atoms with E-state index in [0.29, 0.717) is 11.6 Å². The molecule has 1 unspecified atom stereocenters. The zero-order valence-corrected chi connectivity index (χ0v) is 10.7. The molecule has 0 bridgehead atoms. The maximum atomic E-state index is 13.1. The van der Waals surface area contributed by atoms with Crippen LogP contribution in [-0.4, -0.2) is 15.6 Å². The molecule has 2 aromatic rings. The van der Waals surface area contributed by atoms with E-state index in [-0.39, 0.29) is 5.82 Å². The molecule has 1 N–H and O–H groups in total. The fourth-order valence-corrected chi connectivity index (χ4v) is 1.88. The number of benzene rings is 1. The molecule has 0 aliphatic heterocycles. The average Bonchev–Trinajstić information content (AvgIpc) is 2.83. The van der Waals surface area contributed by atoms with Gasteiger partial charge in [0.2, 0.25) is 0 Å². The van der Waals surface area contributed by atoms with E-state index in [1.54, 1.807) is 19.4 Å². The Kier molecular flexibility index (Phi) is 4.10. The van der Waals surface area contributed by atoms with E-state index in [1.807, 2.05) is 22.9 Å². The van der Waals surface area contributed by atoms with Gasteiger partial charge < -0.3 is 9.88 Å². The summed E-state index contributed by atoms with van der Waals surface area (Å²) in [4.78, 5) is 4.01. The fourth-order valence-electron chi connectivity index (χ4n) is 1.88. The van der Waals surface area contributed by atoms with Crippen molar-refractivity contribution in [2.75, 3.05) is 0 Å². The lowest BCUT2D eigenvalue weighted by molar-refractivity contribution is 0.476. The second kappa shape index (κ2) is 5.78. The molecule has 2 rings (SSSR count). The zero-order valence-electron chi connectivity index (χ0n) is 10.7. The summed E-state index contributed by atoms with van der Waals surface area (Å²) in [6, 6.07) is 5.56. The number of nitrogens with one attached hydrogen (secondary N) is 1. The third-order valence-electron chi connectivity index (χ3n) is 2.92. The number of hydrogen-bond donors (Lipinski definition) is 1. The second-order valence-electron chi connectivity index (χ2n) is 4.62. The molecular formula is C14H18FN3. The molecule has 18 heavy (non-hydrogen) atoms. The first kappa shape index (κ1) is 12.8. The normalized spacial score (nSPS) is 12.6. The third kappa shape index (κ3) is 3.40. The zero-order chi connectivity index (χ0) is 13.0. The number of aromatic nitrogens is 2. The van der Waals surface area contributed by atoms with Crippen LogP contribution >= 0.6 is 0 Å². The van der Waals surface area contributed by atoms with Gasteiger partial charge in [0.25, 0.3) is 0 Å². The Bertz CT molecular complexity index is 494. The van der Waals surface area contributed by atoms with Crippen molar-refractivity contribution in [2.24, 2.45) is 0 Å². The number of rotatable bonds is 5. The van der Waals surface area contributed by atoms with Gasteiger partial charge in [0.15, 0.2) is 0 Å². The van der Waals surface area contributed by atoms with E-state index in [9.17, 15) is 4.39 Å². The Labute approximate surface area is 107 Å². The average molecular weight is 247 g/mol. The van der Waals surface area contributed by atoms with Crippen molar-refractivity contribution in [2.45, 2.75) is 33.0 Å². The lowest BCUT2D eigenvalue weighted by Gasteiger charge is -2.14. The fraction of sp³-hybridized carbons (Fsp3) is 0.357. The standard InChI is InChI=1S/C14H18FN3/c1-11-7-13(3-4-14(11)15)8-17-12(2)9-18-6-5-16-10-18/h3-7,10,12,17H,8-9H2,1-2H3. The first-order valence-corrected chi connectivity index (χ1v) is 6.09. The van der Waals surface area contributed by atoms with Crippen LogP contribution in [0.25, 0.3) is 0 Å². The van der Waals surface area contributed by atoms with Crippen LogP contribution < -0.4 is 5.32 Å². The summed E-state index contributed by atoms with van der Waals surface area (Å²) >= 11 is 0. The Morgan fingerprint density at radius 2 is 2.28 bits per heavy atom. The van der Waals surface area contributed by atoms with Crippen molar-refractivity contribution in [3.8, 4) is 0 Å². The van der Waals surface area contributed by atoms with Crippen LogP contribution in [0.4, 0.5) is 4.39 Å². The van der Waals surface area contributed by atoms with Gasteiger partial charge in [0, 0.05) is 31.5 Å². The van der Waals surface area contributed by atoms with E-state index < -0.39 is 0 Å². The summed E-state index contributed by atoms with van der Waals surface area (Å²) in [6.07, 6.45) is 5.52. The summed E-state index contributed by atoms with van der Waals surface area (Å²) in [6.45, 7) is 5.53. The molecule has 0 fully saturated rings. The highest BCUT2D eigenvalue weighted by atomic mass is 19.1. The molecule has 1 atom stereocenters. The Balaban J connectivity index is 1.85. The minimum Gasteiger partial charge on any atom is -0.336 e. The highest BCUT2D eigenvalue weighted by Crippen LogP contribution is 2.09. The first-order chi connectivity index (χ1) is 8.65. The number of imidazole rings is 1.